The molecule has 5 atom stereocenters. The van der Waals surface area contributed by atoms with Gasteiger partial charge in [0.15, 0.2) is 12.1 Å². The Morgan fingerprint density at radius 2 is 1.97 bits per heavy atom. The van der Waals surface area contributed by atoms with Crippen LogP contribution in [0, 0.1) is 0 Å². The maximum absolute atomic E-state index is 12.6. The summed E-state index contributed by atoms with van der Waals surface area (Å²) in [4.78, 5) is 16.8. The molecule has 1 aliphatic heterocycles. The molecule has 29 heavy (non-hydrogen) atoms. The topological polar surface area (TPSA) is 132 Å². The Balaban J connectivity index is 1.56. The second-order valence-electron chi connectivity index (χ2n) is 7.19. The Labute approximate surface area is 167 Å². The first-order chi connectivity index (χ1) is 14.0. The van der Waals surface area contributed by atoms with E-state index in [1.165, 1.54) is 0 Å². The minimum absolute atomic E-state index is 0.0457. The molecular weight excluding hydrogens is 376 g/mol. The Morgan fingerprint density at radius 3 is 2.69 bits per heavy atom. The lowest BCUT2D eigenvalue weighted by Gasteiger charge is -2.40. The van der Waals surface area contributed by atoms with Crippen LogP contribution in [-0.4, -0.2) is 68.4 Å². The van der Waals surface area contributed by atoms with Gasteiger partial charge in [-0.2, -0.15) is 0 Å². The maximum Gasteiger partial charge on any atom is 0.178 e. The molecule has 1 aliphatic carbocycles. The van der Waals surface area contributed by atoms with Crippen LogP contribution in [0.25, 0.3) is 11.6 Å². The van der Waals surface area contributed by atoms with Gasteiger partial charge in [0.05, 0.1) is 12.3 Å². The summed E-state index contributed by atoms with van der Waals surface area (Å²) in [5, 5.41) is 42.5. The summed E-state index contributed by atoms with van der Waals surface area (Å²) in [6.07, 6.45) is -1.52. The Kier molecular flexibility index (Phi) is 5.44. The van der Waals surface area contributed by atoms with Crippen LogP contribution in [0.3, 0.4) is 0 Å². The molecule has 2 aliphatic rings. The Morgan fingerprint density at radius 1 is 1.14 bits per heavy atom. The number of rotatable bonds is 4. The predicted molar refractivity (Wildman–Crippen MR) is 105 cm³/mol. The zero-order chi connectivity index (χ0) is 20.5. The first kappa shape index (κ1) is 19.7. The number of aliphatic hydroxyl groups is 4. The molecule has 1 aromatic carbocycles. The molecule has 0 radical (unpaired) electrons. The van der Waals surface area contributed by atoms with E-state index in [4.69, 9.17) is 9.84 Å². The highest BCUT2D eigenvalue weighted by Gasteiger charge is 2.43. The summed E-state index contributed by atoms with van der Waals surface area (Å²) in [6.45, 7) is -0.520. The van der Waals surface area contributed by atoms with Gasteiger partial charge in [0.2, 0.25) is 0 Å². The summed E-state index contributed by atoms with van der Waals surface area (Å²) in [6, 6.07) is 9.78. The van der Waals surface area contributed by atoms with Crippen LogP contribution in [0.1, 0.15) is 16.8 Å². The van der Waals surface area contributed by atoms with Gasteiger partial charge in [0.25, 0.3) is 0 Å². The highest BCUT2D eigenvalue weighted by molar-refractivity contribution is 6.27. The summed E-state index contributed by atoms with van der Waals surface area (Å²) in [7, 11) is 0. The summed E-state index contributed by atoms with van der Waals surface area (Å²) in [5.41, 5.74) is 3.44. The molecule has 8 heteroatoms. The number of benzene rings is 1. The maximum atomic E-state index is 12.6. The van der Waals surface area contributed by atoms with Crippen LogP contribution in [0.2, 0.25) is 0 Å². The van der Waals surface area contributed by atoms with Gasteiger partial charge in [-0.25, -0.2) is 0 Å². The molecule has 0 spiro atoms. The number of ether oxygens (including phenoxy) is 1. The Hall–Kier alpha value is -2.62. The third kappa shape index (κ3) is 3.81. The zero-order valence-corrected chi connectivity index (χ0v) is 15.5. The minimum Gasteiger partial charge on any atom is -0.394 e. The summed E-state index contributed by atoms with van der Waals surface area (Å²) in [5.74, 6) is -0.0457. The highest BCUT2D eigenvalue weighted by Crippen LogP contribution is 2.30. The van der Waals surface area contributed by atoms with Crippen molar-refractivity contribution in [1.82, 2.24) is 4.98 Å². The third-order valence-corrected chi connectivity index (χ3v) is 5.27. The number of Topliss-reactive ketones (excluding diaryl/α,β-unsaturated/α-hetero) is 1. The van der Waals surface area contributed by atoms with Crippen LogP contribution in [-0.2, 0) is 16.0 Å². The van der Waals surface area contributed by atoms with E-state index >= 15 is 0 Å². The van der Waals surface area contributed by atoms with E-state index in [9.17, 15) is 20.1 Å². The van der Waals surface area contributed by atoms with Crippen LogP contribution in [0.15, 0.2) is 42.6 Å². The van der Waals surface area contributed by atoms with Crippen LogP contribution in [0.4, 0.5) is 5.69 Å². The van der Waals surface area contributed by atoms with Crippen LogP contribution in [0.5, 0.6) is 0 Å². The van der Waals surface area contributed by atoms with E-state index in [-0.39, 0.29) is 12.2 Å². The lowest BCUT2D eigenvalue weighted by molar-refractivity contribution is -0.245. The monoisotopic (exact) mass is 398 g/mol. The SMILES string of the molecule is O=C1Cc2cc(NC3C(O)OC(CO)[C@@H](O)[C@@H]3O)ccc2C=C1c1ccccn1. The van der Waals surface area contributed by atoms with Gasteiger partial charge >= 0.3 is 0 Å². The van der Waals surface area contributed by atoms with Crippen molar-refractivity contribution < 1.29 is 30.0 Å². The average Bonchev–Trinajstić information content (AvgIpc) is 2.73. The smallest absolute Gasteiger partial charge is 0.178 e. The van der Waals surface area contributed by atoms with Crippen molar-refractivity contribution in [3.8, 4) is 0 Å². The van der Waals surface area contributed by atoms with E-state index in [1.54, 1.807) is 36.5 Å². The fraction of sp³-hybridized carbons (Fsp3) is 0.333. The van der Waals surface area contributed by atoms with Gasteiger partial charge < -0.3 is 30.5 Å². The number of nitrogens with zero attached hydrogens (tertiary/aromatic N) is 1. The average molecular weight is 398 g/mol. The van der Waals surface area contributed by atoms with E-state index in [0.717, 1.165) is 11.1 Å². The molecular formula is C21H22N2O6. The number of pyridine rings is 1. The molecule has 0 bridgehead atoms. The summed E-state index contributed by atoms with van der Waals surface area (Å²) < 4.78 is 5.16. The van der Waals surface area contributed by atoms with Crippen molar-refractivity contribution in [3.63, 3.8) is 0 Å². The third-order valence-electron chi connectivity index (χ3n) is 5.27. The van der Waals surface area contributed by atoms with Crippen molar-refractivity contribution in [1.29, 1.82) is 0 Å². The fourth-order valence-corrected chi connectivity index (χ4v) is 3.68. The molecule has 5 N–H and O–H groups in total. The lowest BCUT2D eigenvalue weighted by atomic mass is 9.89. The number of anilines is 1. The second-order valence-corrected chi connectivity index (χ2v) is 7.19. The quantitative estimate of drug-likeness (QED) is 0.485. The number of carbonyl (C=O) groups excluding carboxylic acids is 1. The molecule has 8 nitrogen and oxygen atoms in total. The number of carbonyl (C=O) groups is 1. The predicted octanol–water partition coefficient (Wildman–Crippen LogP) is -0.0408. The number of nitrogens with one attached hydrogen (secondary N) is 1. The molecule has 0 amide bonds. The van der Waals surface area contributed by atoms with Gasteiger partial charge in [-0.05, 0) is 41.5 Å². The second kappa shape index (κ2) is 8.02. The Bertz CT molecular complexity index is 932. The van der Waals surface area contributed by atoms with Crippen molar-refractivity contribution in [2.24, 2.45) is 0 Å². The number of aliphatic hydroxyl groups excluding tert-OH is 4. The van der Waals surface area contributed by atoms with Crippen LogP contribution >= 0.6 is 0 Å². The lowest BCUT2D eigenvalue weighted by Crippen LogP contribution is -2.61. The normalized spacial score (nSPS) is 29.2. The molecule has 4 rings (SSSR count). The van der Waals surface area contributed by atoms with E-state index in [2.05, 4.69) is 10.3 Å². The number of hydrogen-bond donors (Lipinski definition) is 5. The zero-order valence-electron chi connectivity index (χ0n) is 15.5. The van der Waals surface area contributed by atoms with E-state index < -0.39 is 37.3 Å². The first-order valence-electron chi connectivity index (χ1n) is 9.34. The number of allylic oxidation sites excluding steroid dienone is 1. The van der Waals surface area contributed by atoms with E-state index in [0.29, 0.717) is 17.0 Å². The number of fused-ring (bicyclic) bond motifs is 1. The molecule has 0 saturated carbocycles. The molecule has 1 saturated heterocycles. The minimum atomic E-state index is -1.42. The molecule has 152 valence electrons. The van der Waals surface area contributed by atoms with Gasteiger partial charge in [0, 0.05) is 23.9 Å². The van der Waals surface area contributed by atoms with Crippen molar-refractivity contribution in [2.45, 2.75) is 37.1 Å². The molecule has 1 aromatic heterocycles. The number of hydrogen-bond acceptors (Lipinski definition) is 8. The fourth-order valence-electron chi connectivity index (χ4n) is 3.68. The first-order valence-corrected chi connectivity index (χ1v) is 9.34. The summed E-state index contributed by atoms with van der Waals surface area (Å²) >= 11 is 0. The number of ketones is 1. The van der Waals surface area contributed by atoms with Gasteiger partial charge in [0.1, 0.15) is 24.4 Å². The highest BCUT2D eigenvalue weighted by atomic mass is 16.6. The van der Waals surface area contributed by atoms with Gasteiger partial charge in [-0.3, -0.25) is 9.78 Å². The van der Waals surface area contributed by atoms with Crippen molar-refractivity contribution in [2.75, 3.05) is 11.9 Å². The largest absolute Gasteiger partial charge is 0.394 e. The standard InChI is InChI=1S/C21H22N2O6/c24-10-17-19(26)20(27)18(21(28)29-17)23-13-5-4-11-8-14(15-3-1-2-6-22-15)16(25)9-12(11)7-13/h1-8,17-21,23-24,26-28H,9-10H2/t17?,18?,19-,20-,21?/m1/s1. The van der Waals surface area contributed by atoms with E-state index in [1.807, 2.05) is 12.1 Å². The van der Waals surface area contributed by atoms with Gasteiger partial charge in [-0.1, -0.05) is 12.1 Å². The number of aromatic nitrogens is 1. The van der Waals surface area contributed by atoms with Gasteiger partial charge in [-0.15, -0.1) is 0 Å². The van der Waals surface area contributed by atoms with Crippen molar-refractivity contribution in [3.05, 3.63) is 59.4 Å². The molecule has 3 unspecified atom stereocenters. The van der Waals surface area contributed by atoms with Crippen molar-refractivity contribution >= 4 is 23.1 Å². The molecule has 1 fully saturated rings. The molecule has 2 aromatic rings. The molecule has 2 heterocycles. The van der Waals surface area contributed by atoms with Crippen LogP contribution < -0.4 is 5.32 Å².